The summed E-state index contributed by atoms with van der Waals surface area (Å²) in [6, 6.07) is 12.1. The maximum atomic E-state index is 8.89. The van der Waals surface area contributed by atoms with Gasteiger partial charge in [0.15, 0.2) is 0 Å². The van der Waals surface area contributed by atoms with Crippen LogP contribution >= 0.6 is 0 Å². The second kappa shape index (κ2) is 6.30. The Hall–Kier alpha value is -2.82. The van der Waals surface area contributed by atoms with Crippen molar-refractivity contribution in [1.29, 1.82) is 0 Å². The molecule has 0 radical (unpaired) electrons. The molecule has 0 saturated heterocycles. The molecule has 3 rings (SSSR count). The summed E-state index contributed by atoms with van der Waals surface area (Å²) in [6.07, 6.45) is 8.05. The van der Waals surface area contributed by atoms with Crippen LogP contribution in [0.3, 0.4) is 0 Å². The van der Waals surface area contributed by atoms with Gasteiger partial charge in [-0.1, -0.05) is 30.3 Å². The number of pyridine rings is 1. The van der Waals surface area contributed by atoms with Gasteiger partial charge in [-0.05, 0) is 24.6 Å². The van der Waals surface area contributed by atoms with Gasteiger partial charge in [-0.15, -0.1) is 0 Å². The molecule has 5 nitrogen and oxygen atoms in total. The molecule has 0 amide bonds. The largest absolute Gasteiger partial charge is 0.411 e. The average Bonchev–Trinajstić information content (AvgIpc) is 2.93. The number of para-hydroxylation sites is 1. The van der Waals surface area contributed by atoms with Crippen LogP contribution < -0.4 is 5.01 Å². The zero-order chi connectivity index (χ0) is 15.4. The first-order valence-electron chi connectivity index (χ1n) is 7.30. The molecule has 0 aliphatic carbocycles. The summed E-state index contributed by atoms with van der Waals surface area (Å²) in [5.41, 5.74) is 3.03. The van der Waals surface area contributed by atoms with E-state index in [1.165, 1.54) is 6.21 Å². The number of rotatable bonds is 5. The molecule has 112 valence electrons. The molecular formula is C17H18N4O. The van der Waals surface area contributed by atoms with Gasteiger partial charge in [0.25, 0.3) is 0 Å². The monoisotopic (exact) mass is 294 g/mol. The van der Waals surface area contributed by atoms with Crippen molar-refractivity contribution >= 4 is 22.8 Å². The molecular weight excluding hydrogens is 276 g/mol. The Morgan fingerprint density at radius 1 is 1.23 bits per heavy atom. The number of fused-ring (bicyclic) bond motifs is 1. The molecule has 3 aromatic rings. The molecule has 0 saturated carbocycles. The lowest BCUT2D eigenvalue weighted by Gasteiger charge is -2.26. The van der Waals surface area contributed by atoms with Gasteiger partial charge < -0.3 is 5.21 Å². The van der Waals surface area contributed by atoms with E-state index in [1.54, 1.807) is 12.4 Å². The number of nitrogens with zero attached hydrogens (tertiary/aromatic N) is 4. The van der Waals surface area contributed by atoms with E-state index in [0.29, 0.717) is 0 Å². The number of oxime groups is 1. The van der Waals surface area contributed by atoms with Crippen molar-refractivity contribution in [1.82, 2.24) is 9.66 Å². The molecule has 0 aliphatic rings. The predicted octanol–water partition coefficient (Wildman–Crippen LogP) is 3.52. The average molecular weight is 294 g/mol. The van der Waals surface area contributed by atoms with Crippen LogP contribution in [-0.4, -0.2) is 27.6 Å². The molecule has 0 unspecified atom stereocenters. The smallest absolute Gasteiger partial charge is 0.0756 e. The third-order valence-corrected chi connectivity index (χ3v) is 3.58. The second-order valence-electron chi connectivity index (χ2n) is 5.02. The third kappa shape index (κ3) is 2.53. The van der Waals surface area contributed by atoms with Gasteiger partial charge in [-0.3, -0.25) is 14.7 Å². The SMILES string of the molecule is CCCN(c1ccncc1)n1cc(C=NO)c2ccccc21. The van der Waals surface area contributed by atoms with Crippen LogP contribution in [0.2, 0.25) is 0 Å². The standard InChI is InChI=1S/C17H18N4O/c1-2-11-20(15-7-9-18-10-8-15)21-13-14(12-19-22)16-5-3-4-6-17(16)21/h3-10,12-13,22H,2,11H2,1H3. The van der Waals surface area contributed by atoms with Crippen molar-refractivity contribution in [3.8, 4) is 0 Å². The van der Waals surface area contributed by atoms with Crippen LogP contribution in [0.4, 0.5) is 5.69 Å². The number of hydrogen-bond acceptors (Lipinski definition) is 4. The Labute approximate surface area is 129 Å². The van der Waals surface area contributed by atoms with Gasteiger partial charge in [0, 0.05) is 36.1 Å². The summed E-state index contributed by atoms with van der Waals surface area (Å²) in [7, 11) is 0. The Morgan fingerprint density at radius 2 is 2.00 bits per heavy atom. The van der Waals surface area contributed by atoms with Crippen molar-refractivity contribution < 1.29 is 5.21 Å². The molecule has 0 fully saturated rings. The summed E-state index contributed by atoms with van der Waals surface area (Å²) < 4.78 is 2.10. The van der Waals surface area contributed by atoms with Crippen LogP contribution in [-0.2, 0) is 0 Å². The first-order valence-corrected chi connectivity index (χ1v) is 7.30. The minimum atomic E-state index is 0.873. The lowest BCUT2D eigenvalue weighted by Crippen LogP contribution is -2.29. The fourth-order valence-corrected chi connectivity index (χ4v) is 2.64. The number of benzene rings is 1. The number of anilines is 1. The van der Waals surface area contributed by atoms with Crippen LogP contribution in [0.1, 0.15) is 18.9 Å². The van der Waals surface area contributed by atoms with E-state index in [9.17, 15) is 0 Å². The van der Waals surface area contributed by atoms with E-state index in [2.05, 4.69) is 32.8 Å². The van der Waals surface area contributed by atoms with Crippen molar-refractivity contribution in [2.45, 2.75) is 13.3 Å². The van der Waals surface area contributed by atoms with E-state index in [-0.39, 0.29) is 0 Å². The predicted molar refractivity (Wildman–Crippen MR) is 88.6 cm³/mol. The molecule has 0 aliphatic heterocycles. The molecule has 1 N–H and O–H groups in total. The van der Waals surface area contributed by atoms with Crippen molar-refractivity contribution in [2.75, 3.05) is 11.6 Å². The minimum Gasteiger partial charge on any atom is -0.411 e. The van der Waals surface area contributed by atoms with Crippen molar-refractivity contribution in [3.63, 3.8) is 0 Å². The molecule has 5 heteroatoms. The van der Waals surface area contributed by atoms with Crippen LogP contribution in [0.25, 0.3) is 10.9 Å². The Morgan fingerprint density at radius 3 is 2.73 bits per heavy atom. The first kappa shape index (κ1) is 14.1. The van der Waals surface area contributed by atoms with Gasteiger partial charge in [-0.2, -0.15) is 0 Å². The highest BCUT2D eigenvalue weighted by Gasteiger charge is 2.13. The lowest BCUT2D eigenvalue weighted by molar-refractivity contribution is 0.322. The Bertz CT molecular complexity index is 780. The van der Waals surface area contributed by atoms with Crippen LogP contribution in [0.15, 0.2) is 60.1 Å². The number of aromatic nitrogens is 2. The molecule has 0 spiro atoms. The quantitative estimate of drug-likeness (QED) is 0.445. The highest BCUT2D eigenvalue weighted by Crippen LogP contribution is 2.24. The molecule has 2 aromatic heterocycles. The normalized spacial score (nSPS) is 11.3. The molecule has 0 bridgehead atoms. The van der Waals surface area contributed by atoms with E-state index >= 15 is 0 Å². The lowest BCUT2D eigenvalue weighted by atomic mass is 10.2. The zero-order valence-corrected chi connectivity index (χ0v) is 12.4. The third-order valence-electron chi connectivity index (χ3n) is 3.58. The van der Waals surface area contributed by atoms with Gasteiger partial charge in [0.2, 0.25) is 0 Å². The van der Waals surface area contributed by atoms with Crippen LogP contribution in [0, 0.1) is 0 Å². The van der Waals surface area contributed by atoms with E-state index in [1.807, 2.05) is 36.5 Å². The minimum absolute atomic E-state index is 0.873. The van der Waals surface area contributed by atoms with Crippen molar-refractivity contribution in [3.05, 3.63) is 60.6 Å². The van der Waals surface area contributed by atoms with Gasteiger partial charge in [0.05, 0.1) is 17.4 Å². The highest BCUT2D eigenvalue weighted by atomic mass is 16.4. The molecule has 0 atom stereocenters. The summed E-state index contributed by atoms with van der Waals surface area (Å²) in [6.45, 7) is 3.02. The van der Waals surface area contributed by atoms with E-state index < -0.39 is 0 Å². The van der Waals surface area contributed by atoms with Crippen molar-refractivity contribution in [2.24, 2.45) is 5.16 Å². The summed E-state index contributed by atoms with van der Waals surface area (Å²) in [4.78, 5) is 4.09. The molecule has 22 heavy (non-hydrogen) atoms. The summed E-state index contributed by atoms with van der Waals surface area (Å²) in [5.74, 6) is 0. The fraction of sp³-hybridized carbons (Fsp3) is 0.176. The van der Waals surface area contributed by atoms with Gasteiger partial charge in [-0.25, -0.2) is 0 Å². The maximum absolute atomic E-state index is 8.89. The highest BCUT2D eigenvalue weighted by molar-refractivity contribution is 5.99. The Kier molecular flexibility index (Phi) is 4.05. The zero-order valence-electron chi connectivity index (χ0n) is 12.4. The Balaban J connectivity index is 2.18. The van der Waals surface area contributed by atoms with Gasteiger partial charge >= 0.3 is 0 Å². The topological polar surface area (TPSA) is 53.7 Å². The number of hydrogen-bond donors (Lipinski definition) is 1. The molecule has 2 heterocycles. The molecule has 1 aromatic carbocycles. The first-order chi connectivity index (χ1) is 10.8. The van der Waals surface area contributed by atoms with Gasteiger partial charge in [0.1, 0.15) is 0 Å². The summed E-state index contributed by atoms with van der Waals surface area (Å²) in [5, 5.41) is 15.3. The summed E-state index contributed by atoms with van der Waals surface area (Å²) >= 11 is 0. The fourth-order valence-electron chi connectivity index (χ4n) is 2.64. The second-order valence-corrected chi connectivity index (χ2v) is 5.02. The maximum Gasteiger partial charge on any atom is 0.0756 e. The van der Waals surface area contributed by atoms with Crippen LogP contribution in [0.5, 0.6) is 0 Å². The van der Waals surface area contributed by atoms with E-state index in [4.69, 9.17) is 5.21 Å². The van der Waals surface area contributed by atoms with E-state index in [0.717, 1.165) is 35.1 Å².